The molecule has 0 aliphatic heterocycles. The molecule has 0 radical (unpaired) electrons. The number of aliphatic hydroxyl groups excluding tert-OH is 1. The summed E-state index contributed by atoms with van der Waals surface area (Å²) in [7, 11) is 0. The van der Waals surface area contributed by atoms with Gasteiger partial charge in [0.1, 0.15) is 11.5 Å². The Labute approximate surface area is 251 Å². The van der Waals surface area contributed by atoms with Gasteiger partial charge in [-0.25, -0.2) is 9.59 Å². The first kappa shape index (κ1) is 32.6. The van der Waals surface area contributed by atoms with E-state index in [4.69, 9.17) is 24.1 Å². The fourth-order valence-corrected chi connectivity index (χ4v) is 3.72. The van der Waals surface area contributed by atoms with E-state index in [1.165, 1.54) is 6.08 Å². The fraction of sp³-hybridized carbons (Fsp3) is 0.229. The minimum Gasteiger partial charge on any atom is -0.494 e. The molecule has 1 N–H and O–H groups in total. The largest absolute Gasteiger partial charge is 0.494 e. The Morgan fingerprint density at radius 3 is 1.84 bits per heavy atom. The summed E-state index contributed by atoms with van der Waals surface area (Å²) >= 11 is 0. The maximum absolute atomic E-state index is 12.7. The molecule has 8 heteroatoms. The molecule has 3 aromatic carbocycles. The second kappa shape index (κ2) is 17.8. The van der Waals surface area contributed by atoms with Crippen molar-refractivity contribution in [3.63, 3.8) is 0 Å². The predicted octanol–water partition coefficient (Wildman–Crippen LogP) is 6.00. The Morgan fingerprint density at radius 2 is 1.23 bits per heavy atom. The van der Waals surface area contributed by atoms with Gasteiger partial charge < -0.3 is 24.1 Å². The molecule has 0 spiro atoms. The van der Waals surface area contributed by atoms with Crippen LogP contribution in [0, 0.1) is 0 Å². The Morgan fingerprint density at radius 1 is 0.698 bits per heavy atom. The average Bonchev–Trinajstić information content (AvgIpc) is 3.05. The van der Waals surface area contributed by atoms with E-state index in [0.717, 1.165) is 34.9 Å². The van der Waals surface area contributed by atoms with Gasteiger partial charge >= 0.3 is 11.9 Å². The van der Waals surface area contributed by atoms with Crippen molar-refractivity contribution in [2.45, 2.75) is 19.3 Å². The standard InChI is InChI=1S/C35H36O8/c1-3-34(38)42-22-5-4-21-40-32-18-14-29(15-19-32)28-10-12-30(13-11-28)33(37)20-9-27-7-16-31(17-8-27)41-23-6-24-43-35(39)26(2)25-36/h3,7-20,36H,1-2,4-6,21-25H2/b20-9+. The number of hydrogen-bond acceptors (Lipinski definition) is 8. The zero-order valence-corrected chi connectivity index (χ0v) is 24.0. The van der Waals surface area contributed by atoms with Gasteiger partial charge in [0.25, 0.3) is 0 Å². The number of hydrogen-bond donors (Lipinski definition) is 1. The number of benzene rings is 3. The molecule has 0 aliphatic carbocycles. The second-order valence-electron chi connectivity index (χ2n) is 9.40. The van der Waals surface area contributed by atoms with Gasteiger partial charge in [0.2, 0.25) is 0 Å². The molecule has 0 saturated carbocycles. The van der Waals surface area contributed by atoms with Gasteiger partial charge in [0.15, 0.2) is 5.78 Å². The fourth-order valence-electron chi connectivity index (χ4n) is 3.72. The number of rotatable bonds is 18. The average molecular weight is 585 g/mol. The third-order valence-electron chi connectivity index (χ3n) is 6.15. The first-order chi connectivity index (χ1) is 20.9. The van der Waals surface area contributed by atoms with Crippen molar-refractivity contribution in [1.82, 2.24) is 0 Å². The van der Waals surface area contributed by atoms with Crippen molar-refractivity contribution in [3.8, 4) is 22.6 Å². The first-order valence-corrected chi connectivity index (χ1v) is 13.9. The third kappa shape index (κ3) is 11.4. The number of aliphatic hydroxyl groups is 1. The molecule has 43 heavy (non-hydrogen) atoms. The third-order valence-corrected chi connectivity index (χ3v) is 6.15. The number of unbranched alkanes of at least 4 members (excludes halogenated alkanes) is 1. The van der Waals surface area contributed by atoms with Gasteiger partial charge in [0, 0.05) is 18.1 Å². The van der Waals surface area contributed by atoms with Crippen LogP contribution < -0.4 is 9.47 Å². The molecule has 0 fully saturated rings. The van der Waals surface area contributed by atoms with Crippen LogP contribution in [0.4, 0.5) is 0 Å². The molecular weight excluding hydrogens is 548 g/mol. The van der Waals surface area contributed by atoms with Gasteiger partial charge in [-0.1, -0.05) is 67.8 Å². The lowest BCUT2D eigenvalue weighted by molar-refractivity contribution is -0.140. The summed E-state index contributed by atoms with van der Waals surface area (Å²) < 4.78 is 21.3. The van der Waals surface area contributed by atoms with Crippen LogP contribution in [0.3, 0.4) is 0 Å². The predicted molar refractivity (Wildman–Crippen MR) is 165 cm³/mol. The first-order valence-electron chi connectivity index (χ1n) is 13.9. The maximum atomic E-state index is 12.7. The lowest BCUT2D eigenvalue weighted by atomic mass is 10.0. The van der Waals surface area contributed by atoms with Crippen LogP contribution in [-0.4, -0.2) is 55.9 Å². The summed E-state index contributed by atoms with van der Waals surface area (Å²) in [6.45, 7) is 7.74. The van der Waals surface area contributed by atoms with E-state index >= 15 is 0 Å². The molecular formula is C35H36O8. The molecule has 224 valence electrons. The van der Waals surface area contributed by atoms with Crippen LogP contribution in [0.2, 0.25) is 0 Å². The molecule has 3 aromatic rings. The minimum absolute atomic E-state index is 0.0181. The highest BCUT2D eigenvalue weighted by Gasteiger charge is 2.07. The van der Waals surface area contributed by atoms with E-state index in [-0.39, 0.29) is 18.0 Å². The summed E-state index contributed by atoms with van der Waals surface area (Å²) in [6.07, 6.45) is 6.41. The minimum atomic E-state index is -0.614. The highest BCUT2D eigenvalue weighted by Crippen LogP contribution is 2.23. The van der Waals surface area contributed by atoms with Crippen LogP contribution in [0.15, 0.2) is 104 Å². The monoisotopic (exact) mass is 584 g/mol. The Kier molecular flexibility index (Phi) is 13.5. The van der Waals surface area contributed by atoms with E-state index in [1.54, 1.807) is 30.3 Å². The Bertz CT molecular complexity index is 1390. The zero-order valence-electron chi connectivity index (χ0n) is 24.0. The summed E-state index contributed by atoms with van der Waals surface area (Å²) in [4.78, 5) is 35.1. The molecule has 0 amide bonds. The Balaban J connectivity index is 1.40. The lowest BCUT2D eigenvalue weighted by Gasteiger charge is -2.08. The quantitative estimate of drug-likeness (QED) is 0.0840. The highest BCUT2D eigenvalue weighted by molar-refractivity contribution is 6.07. The van der Waals surface area contributed by atoms with E-state index in [0.29, 0.717) is 44.0 Å². The van der Waals surface area contributed by atoms with E-state index in [1.807, 2.05) is 48.5 Å². The molecule has 0 bridgehead atoms. The lowest BCUT2D eigenvalue weighted by Crippen LogP contribution is -2.12. The van der Waals surface area contributed by atoms with Crippen molar-refractivity contribution in [3.05, 3.63) is 115 Å². The number of ether oxygens (including phenoxy) is 4. The van der Waals surface area contributed by atoms with E-state index in [2.05, 4.69) is 13.2 Å². The Hall–Kier alpha value is -4.95. The number of esters is 2. The van der Waals surface area contributed by atoms with Crippen LogP contribution in [0.1, 0.15) is 35.2 Å². The van der Waals surface area contributed by atoms with Gasteiger partial charge in [-0.05, 0) is 59.9 Å². The van der Waals surface area contributed by atoms with Gasteiger partial charge in [-0.2, -0.15) is 0 Å². The summed E-state index contributed by atoms with van der Waals surface area (Å²) in [5, 5.41) is 8.85. The summed E-state index contributed by atoms with van der Waals surface area (Å²) in [6, 6.07) is 22.5. The van der Waals surface area contributed by atoms with Gasteiger partial charge in [0.05, 0.1) is 38.6 Å². The van der Waals surface area contributed by atoms with Crippen molar-refractivity contribution >= 4 is 23.8 Å². The zero-order chi connectivity index (χ0) is 30.9. The van der Waals surface area contributed by atoms with E-state index in [9.17, 15) is 14.4 Å². The van der Waals surface area contributed by atoms with Gasteiger partial charge in [-0.15, -0.1) is 0 Å². The molecule has 0 heterocycles. The van der Waals surface area contributed by atoms with Crippen molar-refractivity contribution in [2.75, 3.05) is 33.0 Å². The molecule has 3 rings (SSSR count). The number of ketones is 1. The summed E-state index contributed by atoms with van der Waals surface area (Å²) in [5.41, 5.74) is 3.45. The van der Waals surface area contributed by atoms with Crippen LogP contribution >= 0.6 is 0 Å². The molecule has 0 aliphatic rings. The number of carbonyl (C=O) groups excluding carboxylic acids is 3. The SMILES string of the molecule is C=CC(=O)OCCCCOc1ccc(-c2ccc(C(=O)/C=C/c3ccc(OCCCOC(=O)C(=C)CO)cc3)cc2)cc1. The molecule has 0 aromatic heterocycles. The number of carbonyl (C=O) groups is 3. The van der Waals surface area contributed by atoms with E-state index < -0.39 is 18.5 Å². The molecule has 0 unspecified atom stereocenters. The summed E-state index contributed by atoms with van der Waals surface area (Å²) in [5.74, 6) is 0.283. The van der Waals surface area contributed by atoms with Crippen molar-refractivity contribution < 1.29 is 38.4 Å². The van der Waals surface area contributed by atoms with Gasteiger partial charge in [-0.3, -0.25) is 4.79 Å². The molecule has 0 atom stereocenters. The van der Waals surface area contributed by atoms with Crippen LogP contribution in [-0.2, 0) is 19.1 Å². The highest BCUT2D eigenvalue weighted by atomic mass is 16.5. The topological polar surface area (TPSA) is 108 Å². The molecule has 0 saturated heterocycles. The number of allylic oxidation sites excluding steroid dienone is 1. The van der Waals surface area contributed by atoms with Crippen molar-refractivity contribution in [2.24, 2.45) is 0 Å². The maximum Gasteiger partial charge on any atom is 0.335 e. The van der Waals surface area contributed by atoms with Crippen LogP contribution in [0.5, 0.6) is 11.5 Å². The molecule has 8 nitrogen and oxygen atoms in total. The van der Waals surface area contributed by atoms with Crippen molar-refractivity contribution in [1.29, 1.82) is 0 Å². The normalized spacial score (nSPS) is 10.6. The second-order valence-corrected chi connectivity index (χ2v) is 9.40. The smallest absolute Gasteiger partial charge is 0.335 e. The van der Waals surface area contributed by atoms with Crippen LogP contribution in [0.25, 0.3) is 17.2 Å².